The number of hydrogen-bond donors (Lipinski definition) is 2. The van der Waals surface area contributed by atoms with Gasteiger partial charge in [0.25, 0.3) is 5.56 Å². The summed E-state index contributed by atoms with van der Waals surface area (Å²) in [5, 5.41) is 5.04. The van der Waals surface area contributed by atoms with Crippen molar-refractivity contribution in [1.29, 1.82) is 0 Å². The molecule has 0 radical (unpaired) electrons. The predicted octanol–water partition coefficient (Wildman–Crippen LogP) is 2.17. The van der Waals surface area contributed by atoms with Crippen molar-refractivity contribution < 1.29 is 13.2 Å². The van der Waals surface area contributed by atoms with Crippen molar-refractivity contribution in [1.82, 2.24) is 14.3 Å². The molecule has 0 bridgehead atoms. The summed E-state index contributed by atoms with van der Waals surface area (Å²) in [5.74, 6) is -0.284. The van der Waals surface area contributed by atoms with E-state index in [-0.39, 0.29) is 35.4 Å². The van der Waals surface area contributed by atoms with E-state index in [0.29, 0.717) is 15.9 Å². The standard InChI is InChI=1S/C18H20N4O4S2/c1-12(2)21-28(25,26)14-5-3-13(4-6-14)20-16(23)7-9-22-11-19-17-15(18(22)24)8-10-27-17/h3-6,8,10-12,21H,7,9H2,1-2H3,(H,20,23). The van der Waals surface area contributed by atoms with Gasteiger partial charge in [-0.1, -0.05) is 0 Å². The predicted molar refractivity (Wildman–Crippen MR) is 109 cm³/mol. The Morgan fingerprint density at radius 3 is 2.61 bits per heavy atom. The van der Waals surface area contributed by atoms with Gasteiger partial charge < -0.3 is 5.32 Å². The minimum atomic E-state index is -3.58. The molecule has 0 aliphatic rings. The first-order valence-corrected chi connectivity index (χ1v) is 11.0. The highest BCUT2D eigenvalue weighted by Crippen LogP contribution is 2.15. The molecule has 2 aromatic heterocycles. The van der Waals surface area contributed by atoms with Crippen LogP contribution in [-0.2, 0) is 21.4 Å². The summed E-state index contributed by atoms with van der Waals surface area (Å²) in [6, 6.07) is 7.42. The van der Waals surface area contributed by atoms with Crippen molar-refractivity contribution in [3.05, 3.63) is 52.4 Å². The third-order valence-electron chi connectivity index (χ3n) is 3.87. The number of nitrogens with zero attached hydrogens (tertiary/aromatic N) is 2. The van der Waals surface area contributed by atoms with Crippen molar-refractivity contribution >= 4 is 43.2 Å². The van der Waals surface area contributed by atoms with Crippen molar-refractivity contribution in [2.45, 2.75) is 37.8 Å². The maximum Gasteiger partial charge on any atom is 0.262 e. The molecular formula is C18H20N4O4S2. The summed E-state index contributed by atoms with van der Waals surface area (Å²) in [6.45, 7) is 3.68. The average Bonchev–Trinajstić information content (AvgIpc) is 3.10. The molecule has 0 atom stereocenters. The SMILES string of the molecule is CC(C)NS(=O)(=O)c1ccc(NC(=O)CCn2cnc3sccc3c2=O)cc1. The van der Waals surface area contributed by atoms with E-state index in [1.54, 1.807) is 25.3 Å². The van der Waals surface area contributed by atoms with E-state index in [2.05, 4.69) is 15.0 Å². The van der Waals surface area contributed by atoms with Crippen molar-refractivity contribution in [2.75, 3.05) is 5.32 Å². The molecule has 0 fully saturated rings. The van der Waals surface area contributed by atoms with Crippen molar-refractivity contribution in [3.8, 4) is 0 Å². The van der Waals surface area contributed by atoms with Crippen LogP contribution in [0.5, 0.6) is 0 Å². The molecule has 0 aliphatic carbocycles. The number of carbonyl (C=O) groups is 1. The number of aromatic nitrogens is 2. The second-order valence-electron chi connectivity index (χ2n) is 6.48. The van der Waals surface area contributed by atoms with Gasteiger partial charge in [0.05, 0.1) is 16.6 Å². The summed E-state index contributed by atoms with van der Waals surface area (Å²) >= 11 is 1.39. The Kier molecular flexibility index (Phi) is 5.92. The average molecular weight is 421 g/mol. The van der Waals surface area contributed by atoms with Gasteiger partial charge in [-0.15, -0.1) is 11.3 Å². The zero-order valence-corrected chi connectivity index (χ0v) is 17.0. The van der Waals surface area contributed by atoms with Gasteiger partial charge in [0, 0.05) is 24.7 Å². The van der Waals surface area contributed by atoms with Crippen LogP contribution in [0.2, 0.25) is 0 Å². The molecule has 10 heteroatoms. The molecule has 148 valence electrons. The lowest BCUT2D eigenvalue weighted by Crippen LogP contribution is -2.30. The fourth-order valence-corrected chi connectivity index (χ4v) is 4.57. The van der Waals surface area contributed by atoms with E-state index in [1.807, 2.05) is 0 Å². The molecule has 3 aromatic rings. The first kappa shape index (κ1) is 20.2. The zero-order valence-electron chi connectivity index (χ0n) is 15.4. The molecule has 0 aliphatic heterocycles. The number of rotatable bonds is 7. The van der Waals surface area contributed by atoms with Gasteiger partial charge in [-0.05, 0) is 49.6 Å². The molecule has 1 aromatic carbocycles. The number of aryl methyl sites for hydroxylation is 1. The Morgan fingerprint density at radius 2 is 1.93 bits per heavy atom. The summed E-state index contributed by atoms with van der Waals surface area (Å²) in [5.41, 5.74) is 0.304. The van der Waals surface area contributed by atoms with E-state index in [0.717, 1.165) is 0 Å². The molecule has 0 saturated carbocycles. The Morgan fingerprint density at radius 1 is 1.21 bits per heavy atom. The Bertz CT molecular complexity index is 1150. The van der Waals surface area contributed by atoms with Crippen LogP contribution < -0.4 is 15.6 Å². The minimum Gasteiger partial charge on any atom is -0.326 e. The van der Waals surface area contributed by atoms with Crippen LogP contribution in [0.3, 0.4) is 0 Å². The molecule has 0 spiro atoms. The maximum absolute atomic E-state index is 12.3. The lowest BCUT2D eigenvalue weighted by molar-refractivity contribution is -0.116. The smallest absolute Gasteiger partial charge is 0.262 e. The number of hydrogen-bond acceptors (Lipinski definition) is 6. The zero-order chi connectivity index (χ0) is 20.3. The van der Waals surface area contributed by atoms with E-state index in [1.165, 1.54) is 46.5 Å². The van der Waals surface area contributed by atoms with E-state index in [4.69, 9.17) is 0 Å². The van der Waals surface area contributed by atoms with Crippen LogP contribution in [0.1, 0.15) is 20.3 Å². The summed E-state index contributed by atoms with van der Waals surface area (Å²) < 4.78 is 28.1. The molecule has 1 amide bonds. The van der Waals surface area contributed by atoms with Crippen molar-refractivity contribution in [2.24, 2.45) is 0 Å². The summed E-state index contributed by atoms with van der Waals surface area (Å²) in [7, 11) is -3.58. The van der Waals surface area contributed by atoms with Gasteiger partial charge in [-0.3, -0.25) is 14.2 Å². The quantitative estimate of drug-likeness (QED) is 0.609. The molecule has 0 unspecified atom stereocenters. The van der Waals surface area contributed by atoms with Crippen LogP contribution in [0, 0.1) is 0 Å². The topological polar surface area (TPSA) is 110 Å². The second-order valence-corrected chi connectivity index (χ2v) is 9.09. The fourth-order valence-electron chi connectivity index (χ4n) is 2.59. The van der Waals surface area contributed by atoms with Gasteiger partial charge in [-0.25, -0.2) is 18.1 Å². The van der Waals surface area contributed by atoms with Crippen LogP contribution >= 0.6 is 11.3 Å². The van der Waals surface area contributed by atoms with Gasteiger partial charge in [-0.2, -0.15) is 0 Å². The first-order chi connectivity index (χ1) is 13.3. The van der Waals surface area contributed by atoms with Gasteiger partial charge in [0.1, 0.15) is 4.83 Å². The highest BCUT2D eigenvalue weighted by Gasteiger charge is 2.15. The number of anilines is 1. The molecule has 0 saturated heterocycles. The molecule has 3 rings (SSSR count). The lowest BCUT2D eigenvalue weighted by Gasteiger charge is -2.11. The molecule has 2 N–H and O–H groups in total. The number of sulfonamides is 1. The second kappa shape index (κ2) is 8.21. The number of amides is 1. The van der Waals surface area contributed by atoms with E-state index in [9.17, 15) is 18.0 Å². The van der Waals surface area contributed by atoms with E-state index >= 15 is 0 Å². The largest absolute Gasteiger partial charge is 0.326 e. The van der Waals surface area contributed by atoms with E-state index < -0.39 is 10.0 Å². The third-order valence-corrected chi connectivity index (χ3v) is 6.36. The molecule has 8 nitrogen and oxygen atoms in total. The van der Waals surface area contributed by atoms with Crippen molar-refractivity contribution in [3.63, 3.8) is 0 Å². The summed E-state index contributed by atoms with van der Waals surface area (Å²) in [6.07, 6.45) is 1.53. The lowest BCUT2D eigenvalue weighted by atomic mass is 10.3. The third kappa shape index (κ3) is 4.64. The highest BCUT2D eigenvalue weighted by atomic mass is 32.2. The number of nitrogens with one attached hydrogen (secondary N) is 2. The Hall–Kier alpha value is -2.56. The van der Waals surface area contributed by atoms with Crippen LogP contribution in [-0.4, -0.2) is 29.9 Å². The maximum atomic E-state index is 12.3. The number of fused-ring (bicyclic) bond motifs is 1. The first-order valence-electron chi connectivity index (χ1n) is 8.61. The molecule has 28 heavy (non-hydrogen) atoms. The molecular weight excluding hydrogens is 400 g/mol. The monoisotopic (exact) mass is 420 g/mol. The number of carbonyl (C=O) groups excluding carboxylic acids is 1. The van der Waals surface area contributed by atoms with Gasteiger partial charge >= 0.3 is 0 Å². The van der Waals surface area contributed by atoms with Gasteiger partial charge in [0.15, 0.2) is 0 Å². The van der Waals surface area contributed by atoms with Crippen LogP contribution in [0.15, 0.2) is 51.7 Å². The van der Waals surface area contributed by atoms with Gasteiger partial charge in [0.2, 0.25) is 15.9 Å². The minimum absolute atomic E-state index is 0.0895. The molecule has 2 heterocycles. The normalized spacial score (nSPS) is 11.8. The number of benzene rings is 1. The Balaban J connectivity index is 1.61. The van der Waals surface area contributed by atoms with Crippen LogP contribution in [0.4, 0.5) is 5.69 Å². The Labute approximate surface area is 166 Å². The fraction of sp³-hybridized carbons (Fsp3) is 0.278. The highest BCUT2D eigenvalue weighted by molar-refractivity contribution is 7.89. The number of thiophene rings is 1. The van der Waals surface area contributed by atoms with Crippen LogP contribution in [0.25, 0.3) is 10.2 Å². The summed E-state index contributed by atoms with van der Waals surface area (Å²) in [4.78, 5) is 29.5.